The fourth-order valence-corrected chi connectivity index (χ4v) is 1.79. The number of hydrogen-bond donors (Lipinski definition) is 1. The van der Waals surface area contributed by atoms with E-state index in [1.54, 1.807) is 7.11 Å². The van der Waals surface area contributed by atoms with Crippen molar-refractivity contribution in [2.45, 2.75) is 19.4 Å². The molecule has 0 unspecified atom stereocenters. The lowest BCUT2D eigenvalue weighted by molar-refractivity contribution is 0.191. The zero-order chi connectivity index (χ0) is 14.5. The van der Waals surface area contributed by atoms with E-state index in [2.05, 4.69) is 15.5 Å². The first kappa shape index (κ1) is 14.3. The largest absolute Gasteiger partial charge is 0.396 e. The van der Waals surface area contributed by atoms with Gasteiger partial charge >= 0.3 is 0 Å². The van der Waals surface area contributed by atoms with Crippen molar-refractivity contribution in [3.05, 3.63) is 23.8 Å². The fourth-order valence-electron chi connectivity index (χ4n) is 1.79. The highest BCUT2D eigenvalue weighted by atomic mass is 19.1. The van der Waals surface area contributed by atoms with E-state index >= 15 is 0 Å². The van der Waals surface area contributed by atoms with Crippen LogP contribution in [0.4, 0.5) is 14.5 Å². The molecule has 0 aliphatic heterocycles. The molecule has 0 aliphatic rings. The maximum atomic E-state index is 13.8. The Morgan fingerprint density at radius 3 is 2.80 bits per heavy atom. The Morgan fingerprint density at radius 2 is 2.05 bits per heavy atom. The van der Waals surface area contributed by atoms with Crippen molar-refractivity contribution >= 4 is 5.69 Å². The molecule has 0 bridgehead atoms. The number of ether oxygens (including phenoxy) is 1. The van der Waals surface area contributed by atoms with Crippen LogP contribution in [-0.2, 0) is 11.3 Å². The van der Waals surface area contributed by atoms with Gasteiger partial charge in [0.15, 0.2) is 5.82 Å². The molecule has 1 aromatic heterocycles. The van der Waals surface area contributed by atoms with Crippen molar-refractivity contribution in [1.82, 2.24) is 20.2 Å². The molecule has 2 N–H and O–H groups in total. The van der Waals surface area contributed by atoms with Gasteiger partial charge in [-0.2, -0.15) is 0 Å². The zero-order valence-electron chi connectivity index (χ0n) is 11.0. The third kappa shape index (κ3) is 3.08. The number of rotatable bonds is 6. The molecule has 0 aliphatic carbocycles. The van der Waals surface area contributed by atoms with Gasteiger partial charge in [-0.05, 0) is 29.3 Å². The average molecular weight is 283 g/mol. The number of nitrogen functional groups attached to an aromatic ring is 1. The van der Waals surface area contributed by atoms with Crippen molar-refractivity contribution in [1.29, 1.82) is 0 Å². The van der Waals surface area contributed by atoms with Gasteiger partial charge in [-0.15, -0.1) is 5.10 Å². The summed E-state index contributed by atoms with van der Waals surface area (Å²) in [6.45, 7) is 1.15. The minimum Gasteiger partial charge on any atom is -0.396 e. The molecular formula is C12H15F2N5O. The fraction of sp³-hybridized carbons (Fsp3) is 0.417. The number of anilines is 1. The van der Waals surface area contributed by atoms with Crippen LogP contribution in [0.1, 0.15) is 12.8 Å². The Kier molecular flexibility index (Phi) is 4.57. The lowest BCUT2D eigenvalue weighted by Gasteiger charge is -2.07. The SMILES string of the molecule is COCCCCn1nnnc1-c1cc(N)c(F)cc1F. The smallest absolute Gasteiger partial charge is 0.185 e. The van der Waals surface area contributed by atoms with Crippen molar-refractivity contribution in [3.63, 3.8) is 0 Å². The Labute approximate surface area is 114 Å². The molecule has 8 heteroatoms. The summed E-state index contributed by atoms with van der Waals surface area (Å²) in [5, 5.41) is 11.1. The standard InChI is InChI=1S/C12H15F2N5O/c1-20-5-3-2-4-19-12(16-17-18-19)8-6-11(15)10(14)7-9(8)13/h6-7H,2-5,15H2,1H3. The van der Waals surface area contributed by atoms with Crippen LogP contribution in [0, 0.1) is 11.6 Å². The van der Waals surface area contributed by atoms with Gasteiger partial charge in [0.25, 0.3) is 0 Å². The van der Waals surface area contributed by atoms with Crippen LogP contribution in [0.25, 0.3) is 11.4 Å². The predicted molar refractivity (Wildman–Crippen MR) is 68.7 cm³/mol. The van der Waals surface area contributed by atoms with E-state index in [4.69, 9.17) is 10.5 Å². The van der Waals surface area contributed by atoms with Gasteiger partial charge in [0.05, 0.1) is 11.3 Å². The topological polar surface area (TPSA) is 78.8 Å². The van der Waals surface area contributed by atoms with Crippen LogP contribution < -0.4 is 5.73 Å². The van der Waals surface area contributed by atoms with Crippen LogP contribution >= 0.6 is 0 Å². The summed E-state index contributed by atoms with van der Waals surface area (Å²) >= 11 is 0. The maximum Gasteiger partial charge on any atom is 0.185 e. The normalized spacial score (nSPS) is 10.9. The van der Waals surface area contributed by atoms with Crippen LogP contribution in [0.2, 0.25) is 0 Å². The summed E-state index contributed by atoms with van der Waals surface area (Å²) in [5.74, 6) is -1.32. The van der Waals surface area contributed by atoms with E-state index in [1.165, 1.54) is 10.7 Å². The highest BCUT2D eigenvalue weighted by molar-refractivity contribution is 5.62. The number of unbranched alkanes of at least 4 members (excludes halogenated alkanes) is 1. The molecule has 1 heterocycles. The summed E-state index contributed by atoms with van der Waals surface area (Å²) in [6, 6.07) is 1.93. The highest BCUT2D eigenvalue weighted by Gasteiger charge is 2.16. The second kappa shape index (κ2) is 6.38. The molecule has 0 spiro atoms. The van der Waals surface area contributed by atoms with Gasteiger partial charge in [0.1, 0.15) is 11.6 Å². The first-order valence-corrected chi connectivity index (χ1v) is 6.13. The Hall–Kier alpha value is -2.09. The van der Waals surface area contributed by atoms with E-state index in [1.807, 2.05) is 0 Å². The molecule has 2 rings (SSSR count). The monoisotopic (exact) mass is 283 g/mol. The lowest BCUT2D eigenvalue weighted by atomic mass is 10.1. The number of aromatic nitrogens is 4. The molecule has 0 saturated carbocycles. The van der Waals surface area contributed by atoms with Crippen molar-refractivity contribution in [2.24, 2.45) is 0 Å². The first-order valence-electron chi connectivity index (χ1n) is 6.13. The zero-order valence-corrected chi connectivity index (χ0v) is 11.0. The molecule has 108 valence electrons. The Bertz CT molecular complexity index is 587. The second-order valence-corrected chi connectivity index (χ2v) is 4.28. The van der Waals surface area contributed by atoms with E-state index in [-0.39, 0.29) is 17.1 Å². The number of halogens is 2. The van der Waals surface area contributed by atoms with E-state index < -0.39 is 11.6 Å². The van der Waals surface area contributed by atoms with E-state index in [9.17, 15) is 8.78 Å². The second-order valence-electron chi connectivity index (χ2n) is 4.28. The minimum absolute atomic E-state index is 0.0839. The summed E-state index contributed by atoms with van der Waals surface area (Å²) in [5.41, 5.74) is 5.39. The number of aryl methyl sites for hydroxylation is 1. The third-order valence-electron chi connectivity index (χ3n) is 2.83. The first-order chi connectivity index (χ1) is 9.63. The minimum atomic E-state index is -0.801. The Morgan fingerprint density at radius 1 is 1.25 bits per heavy atom. The number of methoxy groups -OCH3 is 1. The van der Waals surface area contributed by atoms with Crippen LogP contribution in [0.15, 0.2) is 12.1 Å². The molecule has 20 heavy (non-hydrogen) atoms. The molecule has 6 nitrogen and oxygen atoms in total. The molecule has 0 radical (unpaired) electrons. The maximum absolute atomic E-state index is 13.8. The van der Waals surface area contributed by atoms with E-state index in [0.717, 1.165) is 18.9 Å². The van der Waals surface area contributed by atoms with Crippen molar-refractivity contribution in [3.8, 4) is 11.4 Å². The molecule has 0 amide bonds. The predicted octanol–water partition coefficient (Wildman–Crippen LogP) is 1.63. The number of hydrogen-bond acceptors (Lipinski definition) is 5. The average Bonchev–Trinajstić information content (AvgIpc) is 2.87. The quantitative estimate of drug-likeness (QED) is 0.644. The van der Waals surface area contributed by atoms with Gasteiger partial charge in [-0.3, -0.25) is 0 Å². The molecule has 0 saturated heterocycles. The summed E-state index contributed by atoms with van der Waals surface area (Å²) in [7, 11) is 1.62. The van der Waals surface area contributed by atoms with Gasteiger partial charge in [0, 0.05) is 26.3 Å². The van der Waals surface area contributed by atoms with E-state index in [0.29, 0.717) is 13.2 Å². The summed E-state index contributed by atoms with van der Waals surface area (Å²) < 4.78 is 33.4. The van der Waals surface area contributed by atoms with Crippen molar-refractivity contribution < 1.29 is 13.5 Å². The van der Waals surface area contributed by atoms with Crippen LogP contribution in [-0.4, -0.2) is 33.9 Å². The van der Waals surface area contributed by atoms with Crippen LogP contribution in [0.3, 0.4) is 0 Å². The van der Waals surface area contributed by atoms with Gasteiger partial charge in [-0.1, -0.05) is 0 Å². The van der Waals surface area contributed by atoms with Crippen LogP contribution in [0.5, 0.6) is 0 Å². The highest BCUT2D eigenvalue weighted by Crippen LogP contribution is 2.25. The molecule has 2 aromatic rings. The lowest BCUT2D eigenvalue weighted by Crippen LogP contribution is -2.06. The molecule has 0 fully saturated rings. The third-order valence-corrected chi connectivity index (χ3v) is 2.83. The molecule has 1 aromatic carbocycles. The Balaban J connectivity index is 2.21. The molecule has 0 atom stereocenters. The van der Waals surface area contributed by atoms with Crippen molar-refractivity contribution in [2.75, 3.05) is 19.5 Å². The number of nitrogens with zero attached hydrogens (tertiary/aromatic N) is 4. The summed E-state index contributed by atoms with van der Waals surface area (Å²) in [4.78, 5) is 0. The van der Waals surface area contributed by atoms with Gasteiger partial charge < -0.3 is 10.5 Å². The number of nitrogens with two attached hydrogens (primary N) is 1. The van der Waals surface area contributed by atoms with Gasteiger partial charge in [0.2, 0.25) is 0 Å². The summed E-state index contributed by atoms with van der Waals surface area (Å²) in [6.07, 6.45) is 1.62. The molecular weight excluding hydrogens is 268 g/mol. The van der Waals surface area contributed by atoms with Gasteiger partial charge in [-0.25, -0.2) is 13.5 Å². The number of tetrazole rings is 1. The number of benzene rings is 1.